The lowest BCUT2D eigenvalue weighted by atomic mass is 10.1. The fourth-order valence-electron chi connectivity index (χ4n) is 3.08. The van der Waals surface area contributed by atoms with E-state index in [4.69, 9.17) is 21.1 Å². The number of phenolic OH excluding ortho intramolecular Hbond substituents is 1. The molecule has 5 N–H and O–H groups in total. The lowest BCUT2D eigenvalue weighted by molar-refractivity contribution is -0.141. The second kappa shape index (κ2) is 10.6. The predicted molar refractivity (Wildman–Crippen MR) is 126 cm³/mol. The molecule has 2 aromatic rings. The third kappa shape index (κ3) is 6.19. The van der Waals surface area contributed by atoms with Gasteiger partial charge in [0.05, 0.1) is 18.0 Å². The Hall–Kier alpha value is -3.84. The van der Waals surface area contributed by atoms with Crippen LogP contribution in [0, 0.1) is 0 Å². The largest absolute Gasteiger partial charge is 0.506 e. The van der Waals surface area contributed by atoms with Crippen molar-refractivity contribution in [1.82, 2.24) is 10.6 Å². The zero-order valence-corrected chi connectivity index (χ0v) is 19.3. The molecule has 0 saturated carbocycles. The van der Waals surface area contributed by atoms with E-state index in [0.29, 0.717) is 5.39 Å². The summed E-state index contributed by atoms with van der Waals surface area (Å²) in [6, 6.07) is 2.32. The molecule has 1 aromatic carbocycles. The highest BCUT2D eigenvalue weighted by molar-refractivity contribution is 8.00. The van der Waals surface area contributed by atoms with E-state index in [2.05, 4.69) is 22.2 Å². The molecule has 0 spiro atoms. The maximum atomic E-state index is 12.2. The Balaban J connectivity index is 1.63. The molecule has 0 aliphatic carbocycles. The predicted octanol–water partition coefficient (Wildman–Crippen LogP) is 0.535. The molecule has 1 aliphatic rings. The molecule has 3 rings (SSSR count). The van der Waals surface area contributed by atoms with Gasteiger partial charge in [0.2, 0.25) is 11.8 Å². The zero-order chi connectivity index (χ0) is 25.9. The van der Waals surface area contributed by atoms with Crippen molar-refractivity contribution >= 4 is 63.8 Å². The molecule has 2 heterocycles. The number of carboxylic acids is 2. The molecule has 0 saturated heterocycles. The summed E-state index contributed by atoms with van der Waals surface area (Å²) in [4.78, 5) is 63.4. The van der Waals surface area contributed by atoms with Gasteiger partial charge in [-0.3, -0.25) is 14.6 Å². The van der Waals surface area contributed by atoms with Gasteiger partial charge in [-0.15, -0.1) is 11.8 Å². The molecular weight excluding hydrogens is 506 g/mol. The summed E-state index contributed by atoms with van der Waals surface area (Å²) < 4.78 is 5.07. The first kappa shape index (κ1) is 25.8. The molecule has 2 unspecified atom stereocenters. The minimum absolute atomic E-state index is 0.0201. The van der Waals surface area contributed by atoms with Gasteiger partial charge in [-0.2, -0.15) is 0 Å². The number of carboxylic acid groups (broad SMARTS) is 2. The Kier molecular flexibility index (Phi) is 7.82. The van der Waals surface area contributed by atoms with Gasteiger partial charge in [-0.1, -0.05) is 18.2 Å². The second-order valence-corrected chi connectivity index (χ2v) is 8.84. The molecule has 2 amide bonds. The number of phenols is 1. The molecule has 35 heavy (non-hydrogen) atoms. The molecule has 14 heteroatoms. The number of rotatable bonds is 8. The summed E-state index contributed by atoms with van der Waals surface area (Å²) in [5, 5.41) is 32.0. The van der Waals surface area contributed by atoms with Crippen LogP contribution in [0.15, 0.2) is 44.6 Å². The number of aliphatic carboxylic acids is 2. The standard InChI is InChI=1S/C21H18ClN3O9S/c1-8-7-35-18(25-16(8)19(29)30)17(20(31)32)24-15(28)6-23-14(27)4-10-2-9-3-11(22)12(26)5-13(9)34-21(10)33/h2-3,5,17-18,26H,1,4,6-7H2,(H,23,27)(H,24,28)(H,29,30)(H,31,32). The van der Waals surface area contributed by atoms with Crippen LogP contribution in [0.4, 0.5) is 0 Å². The summed E-state index contributed by atoms with van der Waals surface area (Å²) in [6.07, 6.45) is -0.445. The summed E-state index contributed by atoms with van der Waals surface area (Å²) in [6.45, 7) is 2.96. The Morgan fingerprint density at radius 2 is 1.94 bits per heavy atom. The lowest BCUT2D eigenvalue weighted by Crippen LogP contribution is -2.51. The normalized spacial score (nSPS) is 16.3. The van der Waals surface area contributed by atoms with Crippen molar-refractivity contribution in [2.45, 2.75) is 17.8 Å². The highest BCUT2D eigenvalue weighted by atomic mass is 35.5. The number of nitrogens with zero attached hydrogens (tertiary/aromatic N) is 1. The van der Waals surface area contributed by atoms with Crippen molar-refractivity contribution in [3.63, 3.8) is 0 Å². The number of aromatic hydroxyl groups is 1. The number of thioether (sulfide) groups is 1. The van der Waals surface area contributed by atoms with Crippen molar-refractivity contribution in [3.05, 3.63) is 51.4 Å². The quantitative estimate of drug-likeness (QED) is 0.304. The molecule has 0 fully saturated rings. The van der Waals surface area contributed by atoms with E-state index in [1.54, 1.807) is 0 Å². The number of nitrogens with one attached hydrogen (secondary N) is 2. The van der Waals surface area contributed by atoms with Gasteiger partial charge in [0.25, 0.3) is 0 Å². The number of fused-ring (bicyclic) bond motifs is 1. The number of benzene rings is 1. The van der Waals surface area contributed by atoms with Crippen LogP contribution < -0.4 is 16.3 Å². The van der Waals surface area contributed by atoms with E-state index >= 15 is 0 Å². The Morgan fingerprint density at radius 3 is 2.60 bits per heavy atom. The van der Waals surface area contributed by atoms with E-state index in [0.717, 1.165) is 17.8 Å². The molecule has 1 aromatic heterocycles. The van der Waals surface area contributed by atoms with Crippen molar-refractivity contribution < 1.29 is 38.9 Å². The number of hydrogen-bond donors (Lipinski definition) is 5. The topological polar surface area (TPSA) is 196 Å². The van der Waals surface area contributed by atoms with Crippen LogP contribution in [0.2, 0.25) is 5.02 Å². The molecule has 184 valence electrons. The number of carbonyl (C=O) groups excluding carboxylic acids is 2. The van der Waals surface area contributed by atoms with Gasteiger partial charge >= 0.3 is 17.6 Å². The fraction of sp³-hybridized carbons (Fsp3) is 0.238. The molecule has 2 atom stereocenters. The van der Waals surface area contributed by atoms with Crippen LogP contribution in [0.1, 0.15) is 5.56 Å². The summed E-state index contributed by atoms with van der Waals surface area (Å²) in [5.74, 6) is -4.55. The van der Waals surface area contributed by atoms with Crippen molar-refractivity contribution in [3.8, 4) is 5.75 Å². The Bertz CT molecular complexity index is 1340. The minimum atomic E-state index is -1.56. The third-order valence-electron chi connectivity index (χ3n) is 4.76. The lowest BCUT2D eigenvalue weighted by Gasteiger charge is -2.25. The summed E-state index contributed by atoms with van der Waals surface area (Å²) in [7, 11) is 0. The van der Waals surface area contributed by atoms with E-state index in [1.165, 1.54) is 12.1 Å². The maximum absolute atomic E-state index is 12.2. The first-order valence-electron chi connectivity index (χ1n) is 9.81. The summed E-state index contributed by atoms with van der Waals surface area (Å²) >= 11 is 6.84. The number of aliphatic imine (C=N–C) groups is 1. The van der Waals surface area contributed by atoms with Crippen LogP contribution in [0.25, 0.3) is 11.0 Å². The second-order valence-electron chi connectivity index (χ2n) is 7.33. The monoisotopic (exact) mass is 523 g/mol. The van der Waals surface area contributed by atoms with Gasteiger partial charge < -0.3 is 30.4 Å². The number of carbonyl (C=O) groups is 4. The van der Waals surface area contributed by atoms with Gasteiger partial charge in [-0.05, 0) is 17.7 Å². The SMILES string of the molecule is C=C1CSC(C(NC(=O)CNC(=O)Cc2cc3cc(Cl)c(O)cc3oc2=O)C(=O)O)N=C1C(=O)O. The fourth-order valence-corrected chi connectivity index (χ4v) is 4.31. The minimum Gasteiger partial charge on any atom is -0.506 e. The van der Waals surface area contributed by atoms with Crippen molar-refractivity contribution in [1.29, 1.82) is 0 Å². The van der Waals surface area contributed by atoms with Gasteiger partial charge in [-0.25, -0.2) is 14.4 Å². The highest BCUT2D eigenvalue weighted by Gasteiger charge is 2.34. The zero-order valence-electron chi connectivity index (χ0n) is 17.7. The maximum Gasteiger partial charge on any atom is 0.354 e. The van der Waals surface area contributed by atoms with Crippen molar-refractivity contribution in [2.75, 3.05) is 12.3 Å². The first-order chi connectivity index (χ1) is 16.5. The average Bonchev–Trinajstić information content (AvgIpc) is 2.78. The first-order valence-corrected chi connectivity index (χ1v) is 11.2. The van der Waals surface area contributed by atoms with Crippen LogP contribution in [0.5, 0.6) is 5.75 Å². The molecule has 0 radical (unpaired) electrons. The third-order valence-corrected chi connectivity index (χ3v) is 6.30. The molecule has 1 aliphatic heterocycles. The molecule has 0 bridgehead atoms. The number of amides is 2. The van der Waals surface area contributed by atoms with E-state index in [-0.39, 0.29) is 39.0 Å². The van der Waals surface area contributed by atoms with Crippen LogP contribution >= 0.6 is 23.4 Å². The van der Waals surface area contributed by atoms with Crippen LogP contribution in [-0.4, -0.2) is 68.5 Å². The molecular formula is C21H18ClN3O9S. The summed E-state index contributed by atoms with van der Waals surface area (Å²) in [5.41, 5.74) is -0.937. The van der Waals surface area contributed by atoms with Gasteiger partial charge in [0.1, 0.15) is 22.4 Å². The van der Waals surface area contributed by atoms with Gasteiger partial charge in [0, 0.05) is 22.8 Å². The van der Waals surface area contributed by atoms with Gasteiger partial charge in [0.15, 0.2) is 6.04 Å². The smallest absolute Gasteiger partial charge is 0.354 e. The number of hydrogen-bond acceptors (Lipinski definition) is 9. The Morgan fingerprint density at radius 1 is 1.23 bits per heavy atom. The molecule has 12 nitrogen and oxygen atoms in total. The van der Waals surface area contributed by atoms with E-state index in [1.807, 2.05) is 0 Å². The average molecular weight is 524 g/mol. The van der Waals surface area contributed by atoms with Crippen molar-refractivity contribution in [2.24, 2.45) is 4.99 Å². The van der Waals surface area contributed by atoms with Crippen LogP contribution in [0.3, 0.4) is 0 Å². The Labute approximate surface area is 205 Å². The van der Waals surface area contributed by atoms with Crippen LogP contribution in [-0.2, 0) is 25.6 Å². The highest BCUT2D eigenvalue weighted by Crippen LogP contribution is 2.28. The van der Waals surface area contributed by atoms with E-state index in [9.17, 15) is 34.2 Å². The number of halogens is 1. The van der Waals surface area contributed by atoms with E-state index < -0.39 is 53.8 Å².